The maximum Gasteiger partial charge on any atom is 0.251 e. The predicted molar refractivity (Wildman–Crippen MR) is 151 cm³/mol. The van der Waals surface area contributed by atoms with E-state index in [1.54, 1.807) is 24.9 Å². The van der Waals surface area contributed by atoms with Crippen LogP contribution in [0.2, 0.25) is 0 Å². The molecule has 0 aliphatic carbocycles. The number of hydrazone groups is 1. The molecule has 9 nitrogen and oxygen atoms in total. The summed E-state index contributed by atoms with van der Waals surface area (Å²) < 4.78 is 11.1. The maximum atomic E-state index is 12.6. The van der Waals surface area contributed by atoms with E-state index in [-0.39, 0.29) is 17.7 Å². The third-order valence-electron chi connectivity index (χ3n) is 6.75. The molecule has 2 aliphatic heterocycles. The first kappa shape index (κ1) is 26.4. The molecule has 0 saturated carbocycles. The summed E-state index contributed by atoms with van der Waals surface area (Å²) in [4.78, 5) is 24.8. The Kier molecular flexibility index (Phi) is 8.41. The first-order valence-corrected chi connectivity index (χ1v) is 13.9. The Morgan fingerprint density at radius 2 is 2.13 bits per heavy atom. The lowest BCUT2D eigenvalue weighted by Crippen LogP contribution is -2.27. The van der Waals surface area contributed by atoms with Gasteiger partial charge < -0.3 is 25.1 Å². The number of methoxy groups -OCH3 is 1. The fourth-order valence-electron chi connectivity index (χ4n) is 4.60. The van der Waals surface area contributed by atoms with Crippen LogP contribution in [0, 0.1) is 0 Å². The molecule has 0 saturated heterocycles. The van der Waals surface area contributed by atoms with Gasteiger partial charge in [-0.2, -0.15) is 5.10 Å². The van der Waals surface area contributed by atoms with E-state index in [1.807, 2.05) is 18.3 Å². The minimum absolute atomic E-state index is 0.00209. The summed E-state index contributed by atoms with van der Waals surface area (Å²) >= 11 is 1.76. The Balaban J connectivity index is 1.42. The van der Waals surface area contributed by atoms with Crippen LogP contribution in [0.25, 0.3) is 10.9 Å². The molecule has 3 aromatic rings. The van der Waals surface area contributed by atoms with Gasteiger partial charge in [-0.1, -0.05) is 6.07 Å². The molecule has 1 amide bonds. The van der Waals surface area contributed by atoms with Crippen molar-refractivity contribution in [3.8, 4) is 5.75 Å². The van der Waals surface area contributed by atoms with E-state index in [2.05, 4.69) is 53.0 Å². The largest absolute Gasteiger partial charge is 0.493 e. The van der Waals surface area contributed by atoms with Gasteiger partial charge in [0.15, 0.2) is 0 Å². The minimum atomic E-state index is -0.119. The third kappa shape index (κ3) is 6.09. The first-order valence-electron chi connectivity index (χ1n) is 12.9. The van der Waals surface area contributed by atoms with Gasteiger partial charge >= 0.3 is 0 Å². The van der Waals surface area contributed by atoms with Gasteiger partial charge in [-0.15, -0.1) is 11.8 Å². The van der Waals surface area contributed by atoms with Crippen LogP contribution in [0.4, 0.5) is 0 Å². The normalized spacial score (nSPS) is 18.3. The van der Waals surface area contributed by atoms with E-state index >= 15 is 0 Å². The number of aromatic nitrogens is 2. The number of carbonyl (C=O) groups excluding carboxylic acids is 1. The smallest absolute Gasteiger partial charge is 0.251 e. The van der Waals surface area contributed by atoms with Crippen LogP contribution in [0.5, 0.6) is 5.75 Å². The zero-order valence-electron chi connectivity index (χ0n) is 22.1. The number of fused-ring (bicyclic) bond motifs is 2. The van der Waals surface area contributed by atoms with Crippen LogP contribution >= 0.6 is 11.8 Å². The van der Waals surface area contributed by atoms with Gasteiger partial charge in [0.1, 0.15) is 16.6 Å². The first-order chi connectivity index (χ1) is 18.5. The van der Waals surface area contributed by atoms with E-state index in [1.165, 1.54) is 5.56 Å². The molecule has 3 heterocycles. The van der Waals surface area contributed by atoms with Crippen LogP contribution in [-0.2, 0) is 11.2 Å². The molecule has 2 atom stereocenters. The molecule has 38 heavy (non-hydrogen) atoms. The monoisotopic (exact) mass is 534 g/mol. The molecule has 10 heteroatoms. The Morgan fingerprint density at radius 1 is 1.24 bits per heavy atom. The molecule has 5 rings (SSSR count). The van der Waals surface area contributed by atoms with Crippen molar-refractivity contribution >= 4 is 34.8 Å². The molecular weight excluding hydrogens is 500 g/mol. The van der Waals surface area contributed by atoms with Crippen molar-refractivity contribution in [2.45, 2.75) is 23.3 Å². The number of ether oxygens (including phenoxy) is 2. The van der Waals surface area contributed by atoms with Crippen LogP contribution in [0.1, 0.15) is 39.1 Å². The lowest BCUT2D eigenvalue weighted by Gasteiger charge is -2.25. The van der Waals surface area contributed by atoms with Gasteiger partial charge in [0.05, 0.1) is 24.6 Å². The molecule has 2 aliphatic rings. The fraction of sp³-hybridized carbons (Fsp3) is 0.429. The second-order valence-electron chi connectivity index (χ2n) is 9.85. The molecule has 200 valence electrons. The molecule has 1 aromatic heterocycles. The van der Waals surface area contributed by atoms with Crippen LogP contribution < -0.4 is 15.5 Å². The SMILES string of the molecule is COCCNC(=O)c1ccc2c(c1)CC(c1nc(SCCN(C)C)c3cc(C4C=NNC4)ccc3n1)CO2. The molecule has 0 spiro atoms. The number of nitrogens with one attached hydrogen (secondary N) is 2. The summed E-state index contributed by atoms with van der Waals surface area (Å²) in [5.41, 5.74) is 6.80. The number of benzene rings is 2. The Labute approximate surface area is 227 Å². The highest BCUT2D eigenvalue weighted by Gasteiger charge is 2.26. The lowest BCUT2D eigenvalue weighted by atomic mass is 9.94. The Morgan fingerprint density at radius 3 is 2.92 bits per heavy atom. The third-order valence-corrected chi connectivity index (χ3v) is 7.72. The standard InChI is InChI=1S/C28H34N6O3S/c1-34(2)9-11-38-28-23-14-18(22-15-30-31-16-22)4-6-24(23)32-26(33-28)21-13-20-12-19(5-7-25(20)37-17-21)27(35)29-8-10-36-3/h4-7,12,14-15,21-22,31H,8-11,13,16-17H2,1-3H3,(H,29,35). The van der Waals surface area contributed by atoms with Crippen LogP contribution in [0.3, 0.4) is 0 Å². The van der Waals surface area contributed by atoms with E-state index in [0.29, 0.717) is 31.7 Å². The summed E-state index contributed by atoms with van der Waals surface area (Å²) in [6, 6.07) is 12.0. The molecule has 2 aromatic carbocycles. The predicted octanol–water partition coefficient (Wildman–Crippen LogP) is 3.05. The Bertz CT molecular complexity index is 1330. The highest BCUT2D eigenvalue weighted by Crippen LogP contribution is 2.35. The number of nitrogens with zero attached hydrogens (tertiary/aromatic N) is 4. The van der Waals surface area contributed by atoms with Crippen LogP contribution in [0.15, 0.2) is 46.5 Å². The number of hydrogen-bond donors (Lipinski definition) is 2. The number of amides is 1. The zero-order valence-corrected chi connectivity index (χ0v) is 22.9. The van der Waals surface area contributed by atoms with Crippen molar-refractivity contribution < 1.29 is 14.3 Å². The van der Waals surface area contributed by atoms with Crippen molar-refractivity contribution in [3.05, 3.63) is 58.9 Å². The van der Waals surface area contributed by atoms with E-state index in [0.717, 1.165) is 51.9 Å². The van der Waals surface area contributed by atoms with Gasteiger partial charge in [0.2, 0.25) is 0 Å². The van der Waals surface area contributed by atoms with Crippen molar-refractivity contribution in [2.75, 3.05) is 59.8 Å². The maximum absolute atomic E-state index is 12.6. The topological polar surface area (TPSA) is 101 Å². The second-order valence-corrected chi connectivity index (χ2v) is 10.9. The van der Waals surface area contributed by atoms with Crippen LogP contribution in [-0.4, -0.2) is 86.8 Å². The van der Waals surface area contributed by atoms with Gasteiger partial charge in [-0.25, -0.2) is 9.97 Å². The Hall–Kier alpha value is -3.21. The molecule has 0 radical (unpaired) electrons. The van der Waals surface area contributed by atoms with E-state index < -0.39 is 0 Å². The molecule has 0 fully saturated rings. The van der Waals surface area contributed by atoms with E-state index in [4.69, 9.17) is 19.4 Å². The molecular formula is C28H34N6O3S. The van der Waals surface area contributed by atoms with Gasteiger partial charge in [-0.3, -0.25) is 4.79 Å². The number of thioether (sulfide) groups is 1. The highest BCUT2D eigenvalue weighted by atomic mass is 32.2. The van der Waals surface area contributed by atoms with Gasteiger partial charge in [0.25, 0.3) is 5.91 Å². The fourth-order valence-corrected chi connectivity index (χ4v) is 5.73. The quantitative estimate of drug-likeness (QED) is 0.233. The van der Waals surface area contributed by atoms with Crippen molar-refractivity contribution in [1.82, 2.24) is 25.6 Å². The average molecular weight is 535 g/mol. The summed E-state index contributed by atoms with van der Waals surface area (Å²) in [7, 11) is 5.78. The van der Waals surface area contributed by atoms with Crippen molar-refractivity contribution in [3.63, 3.8) is 0 Å². The molecule has 2 unspecified atom stereocenters. The summed E-state index contributed by atoms with van der Waals surface area (Å²) in [5, 5.41) is 9.13. The number of carbonyl (C=O) groups is 1. The minimum Gasteiger partial charge on any atom is -0.493 e. The molecule has 0 bridgehead atoms. The van der Waals surface area contributed by atoms with E-state index in [9.17, 15) is 4.79 Å². The van der Waals surface area contributed by atoms with Crippen molar-refractivity contribution in [1.29, 1.82) is 0 Å². The van der Waals surface area contributed by atoms with Crippen molar-refractivity contribution in [2.24, 2.45) is 5.10 Å². The lowest BCUT2D eigenvalue weighted by molar-refractivity contribution is 0.0937. The average Bonchev–Trinajstić information content (AvgIpc) is 3.47. The zero-order chi connectivity index (χ0) is 26.5. The van der Waals surface area contributed by atoms with Gasteiger partial charge in [-0.05, 0) is 62.0 Å². The molecule has 2 N–H and O–H groups in total. The number of hydrogen-bond acceptors (Lipinski definition) is 9. The summed E-state index contributed by atoms with van der Waals surface area (Å²) in [6.45, 7) is 3.21. The summed E-state index contributed by atoms with van der Waals surface area (Å²) in [6.07, 6.45) is 2.67. The summed E-state index contributed by atoms with van der Waals surface area (Å²) in [5.74, 6) is 2.66. The highest BCUT2D eigenvalue weighted by molar-refractivity contribution is 7.99. The van der Waals surface area contributed by atoms with Gasteiger partial charge in [0, 0.05) is 55.6 Å². The second kappa shape index (κ2) is 12.1. The number of rotatable bonds is 10.